The van der Waals surface area contributed by atoms with Crippen molar-refractivity contribution in [1.82, 2.24) is 5.32 Å². The molecule has 5 saturated carbocycles. The maximum Gasteiger partial charge on any atom is 0.226 e. The van der Waals surface area contributed by atoms with E-state index in [1.165, 1.54) is 38.5 Å². The fourth-order valence-corrected chi connectivity index (χ4v) is 6.18. The first kappa shape index (κ1) is 13.7. The Morgan fingerprint density at radius 3 is 1.90 bits per heavy atom. The number of rotatable bonds is 3. The van der Waals surface area contributed by atoms with Crippen molar-refractivity contribution >= 4 is 29.1 Å². The minimum atomic E-state index is -0.800. The minimum absolute atomic E-state index is 0.0678. The quantitative estimate of drug-likeness (QED) is 0.786. The van der Waals surface area contributed by atoms with E-state index in [1.807, 2.05) is 0 Å². The number of hydrogen-bond acceptors (Lipinski definition) is 1. The lowest BCUT2D eigenvalue weighted by Gasteiger charge is -2.59. The molecule has 4 bridgehead atoms. The van der Waals surface area contributed by atoms with Crippen molar-refractivity contribution in [3.63, 3.8) is 0 Å². The van der Waals surface area contributed by atoms with Crippen molar-refractivity contribution in [2.45, 2.75) is 62.2 Å². The molecule has 5 aliphatic rings. The Bertz CT molecular complexity index is 412. The number of nitrogens with one attached hydrogen (secondary N) is 1. The monoisotopic (exact) mass is 315 g/mol. The van der Waals surface area contributed by atoms with Crippen LogP contribution in [0.25, 0.3) is 0 Å². The average molecular weight is 316 g/mol. The Labute approximate surface area is 131 Å². The van der Waals surface area contributed by atoms with Crippen LogP contribution >= 0.6 is 23.2 Å². The molecule has 0 aromatic rings. The third-order valence-electron chi connectivity index (χ3n) is 6.51. The van der Waals surface area contributed by atoms with Crippen molar-refractivity contribution < 1.29 is 4.79 Å². The SMILES string of the molecule is CC(NC(=O)C1CC1(Cl)Cl)C12CC3CC(CC(C3)C1)C2. The molecule has 1 amide bonds. The zero-order valence-electron chi connectivity index (χ0n) is 12.0. The van der Waals surface area contributed by atoms with Gasteiger partial charge in [0, 0.05) is 6.04 Å². The Morgan fingerprint density at radius 1 is 1.05 bits per heavy atom. The molecule has 5 fully saturated rings. The summed E-state index contributed by atoms with van der Waals surface area (Å²) in [4.78, 5) is 12.2. The molecule has 112 valence electrons. The summed E-state index contributed by atoms with van der Waals surface area (Å²) < 4.78 is -0.800. The summed E-state index contributed by atoms with van der Waals surface area (Å²) in [5.74, 6) is 2.63. The fourth-order valence-electron chi connectivity index (χ4n) is 5.67. The van der Waals surface area contributed by atoms with Crippen molar-refractivity contribution in [3.05, 3.63) is 0 Å². The average Bonchev–Trinajstić information content (AvgIpc) is 2.96. The maximum absolute atomic E-state index is 12.2. The predicted octanol–water partition coefficient (Wildman–Crippen LogP) is 3.90. The van der Waals surface area contributed by atoms with Gasteiger partial charge in [-0.25, -0.2) is 0 Å². The van der Waals surface area contributed by atoms with E-state index >= 15 is 0 Å². The van der Waals surface area contributed by atoms with Crippen LogP contribution in [0.2, 0.25) is 0 Å². The number of carbonyl (C=O) groups is 1. The van der Waals surface area contributed by atoms with E-state index in [0.29, 0.717) is 11.8 Å². The van der Waals surface area contributed by atoms with Crippen LogP contribution in [-0.4, -0.2) is 16.3 Å². The molecule has 20 heavy (non-hydrogen) atoms. The number of amides is 1. The highest BCUT2D eigenvalue weighted by Crippen LogP contribution is 2.61. The Morgan fingerprint density at radius 2 is 1.50 bits per heavy atom. The molecule has 2 unspecified atom stereocenters. The standard InChI is InChI=1S/C16H23Cl2NO/c1-9(19-14(20)13-8-16(13,17)18)15-5-10-2-11(6-15)4-12(3-10)7-15/h9-13H,2-8H2,1H3,(H,19,20). The van der Waals surface area contributed by atoms with E-state index in [1.54, 1.807) is 0 Å². The molecule has 0 aromatic heterocycles. The first-order chi connectivity index (χ1) is 9.38. The van der Waals surface area contributed by atoms with Gasteiger partial charge in [0.1, 0.15) is 4.33 Å². The summed E-state index contributed by atoms with van der Waals surface area (Å²) in [6.07, 6.45) is 8.88. The highest BCUT2D eigenvalue weighted by atomic mass is 35.5. The van der Waals surface area contributed by atoms with Crippen molar-refractivity contribution in [2.75, 3.05) is 0 Å². The number of hydrogen-bond donors (Lipinski definition) is 1. The molecular formula is C16H23Cl2NO. The van der Waals surface area contributed by atoms with Crippen molar-refractivity contribution in [3.8, 4) is 0 Å². The van der Waals surface area contributed by atoms with E-state index in [9.17, 15) is 4.79 Å². The molecule has 0 aliphatic heterocycles. The van der Waals surface area contributed by atoms with E-state index in [-0.39, 0.29) is 17.9 Å². The third-order valence-corrected chi connectivity index (χ3v) is 7.34. The second-order valence-electron chi connectivity index (χ2n) is 8.03. The zero-order chi connectivity index (χ0) is 14.1. The van der Waals surface area contributed by atoms with Crippen molar-refractivity contribution in [1.29, 1.82) is 0 Å². The summed E-state index contributed by atoms with van der Waals surface area (Å²) in [5, 5.41) is 3.25. The summed E-state index contributed by atoms with van der Waals surface area (Å²) in [6.45, 7) is 2.21. The lowest BCUT2D eigenvalue weighted by atomic mass is 9.48. The summed E-state index contributed by atoms with van der Waals surface area (Å²) in [5.41, 5.74) is 0.362. The Kier molecular flexibility index (Phi) is 2.94. The molecule has 1 N–H and O–H groups in total. The van der Waals surface area contributed by atoms with Gasteiger partial charge in [-0.1, -0.05) is 0 Å². The Balaban J connectivity index is 1.46. The topological polar surface area (TPSA) is 29.1 Å². The molecule has 2 nitrogen and oxygen atoms in total. The smallest absolute Gasteiger partial charge is 0.226 e. The Hall–Kier alpha value is 0.0500. The summed E-state index contributed by atoms with van der Waals surface area (Å²) in [7, 11) is 0. The number of alkyl halides is 2. The van der Waals surface area contributed by atoms with Gasteiger partial charge >= 0.3 is 0 Å². The van der Waals surface area contributed by atoms with Gasteiger partial charge in [0.2, 0.25) is 5.91 Å². The van der Waals surface area contributed by atoms with Crippen molar-refractivity contribution in [2.24, 2.45) is 29.1 Å². The molecule has 4 heteroatoms. The van der Waals surface area contributed by atoms with Gasteiger partial charge in [0.05, 0.1) is 5.92 Å². The highest BCUT2D eigenvalue weighted by molar-refractivity contribution is 6.52. The molecule has 0 saturated heterocycles. The van der Waals surface area contributed by atoms with Crippen LogP contribution in [0.15, 0.2) is 0 Å². The third kappa shape index (κ3) is 2.09. The van der Waals surface area contributed by atoms with Gasteiger partial charge in [-0.3, -0.25) is 4.79 Å². The molecule has 5 aliphatic carbocycles. The first-order valence-corrected chi connectivity index (χ1v) is 8.82. The minimum Gasteiger partial charge on any atom is -0.353 e. The lowest BCUT2D eigenvalue weighted by molar-refractivity contribution is -0.127. The normalized spacial score (nSPS) is 49.0. The van der Waals surface area contributed by atoms with Gasteiger partial charge in [-0.15, -0.1) is 23.2 Å². The van der Waals surface area contributed by atoms with Crippen LogP contribution in [0, 0.1) is 29.1 Å². The molecule has 0 heterocycles. The van der Waals surface area contributed by atoms with E-state index in [2.05, 4.69) is 12.2 Å². The summed E-state index contributed by atoms with van der Waals surface area (Å²) in [6, 6.07) is 0.271. The van der Waals surface area contributed by atoms with Crippen LogP contribution < -0.4 is 5.32 Å². The van der Waals surface area contributed by atoms with Gasteiger partial charge in [0.25, 0.3) is 0 Å². The second kappa shape index (κ2) is 4.29. The van der Waals surface area contributed by atoms with Gasteiger partial charge in [0.15, 0.2) is 0 Å². The second-order valence-corrected chi connectivity index (χ2v) is 9.57. The van der Waals surface area contributed by atoms with Crippen LogP contribution in [0.4, 0.5) is 0 Å². The van der Waals surface area contributed by atoms with Gasteiger partial charge in [-0.05, 0) is 75.0 Å². The molecule has 0 radical (unpaired) electrons. The van der Waals surface area contributed by atoms with E-state index in [0.717, 1.165) is 17.8 Å². The molecule has 2 atom stereocenters. The maximum atomic E-state index is 12.2. The van der Waals surface area contributed by atoms with E-state index in [4.69, 9.17) is 23.2 Å². The van der Waals surface area contributed by atoms with E-state index < -0.39 is 4.33 Å². The molecule has 0 aromatic carbocycles. The zero-order valence-corrected chi connectivity index (χ0v) is 13.5. The molecule has 0 spiro atoms. The van der Waals surface area contributed by atoms with Crippen LogP contribution in [0.3, 0.4) is 0 Å². The lowest BCUT2D eigenvalue weighted by Crippen LogP contribution is -2.56. The first-order valence-electron chi connectivity index (χ1n) is 8.06. The van der Waals surface area contributed by atoms with Crippen LogP contribution in [0.1, 0.15) is 51.9 Å². The molecule has 5 rings (SSSR count). The van der Waals surface area contributed by atoms with Gasteiger partial charge < -0.3 is 5.32 Å². The van der Waals surface area contributed by atoms with Crippen LogP contribution in [0.5, 0.6) is 0 Å². The predicted molar refractivity (Wildman–Crippen MR) is 80.8 cm³/mol. The summed E-state index contributed by atoms with van der Waals surface area (Å²) >= 11 is 12.0. The number of carbonyl (C=O) groups excluding carboxylic acids is 1. The molecular weight excluding hydrogens is 293 g/mol. The number of halogens is 2. The van der Waals surface area contributed by atoms with Gasteiger partial charge in [-0.2, -0.15) is 0 Å². The fraction of sp³-hybridized carbons (Fsp3) is 0.938. The highest BCUT2D eigenvalue weighted by Gasteiger charge is 2.58. The largest absolute Gasteiger partial charge is 0.353 e. The van der Waals surface area contributed by atoms with Crippen LogP contribution in [-0.2, 0) is 4.79 Å².